The van der Waals surface area contributed by atoms with Gasteiger partial charge in [0.05, 0.1) is 20.3 Å². The number of benzene rings is 2. The van der Waals surface area contributed by atoms with Gasteiger partial charge in [-0.2, -0.15) is 4.98 Å². The van der Waals surface area contributed by atoms with Gasteiger partial charge in [-0.3, -0.25) is 0 Å². The van der Waals surface area contributed by atoms with Crippen LogP contribution in [0.1, 0.15) is 24.2 Å². The van der Waals surface area contributed by atoms with Crippen LogP contribution in [0.3, 0.4) is 0 Å². The van der Waals surface area contributed by atoms with Gasteiger partial charge in [0, 0.05) is 18.4 Å². The van der Waals surface area contributed by atoms with Crippen molar-refractivity contribution in [1.82, 2.24) is 4.98 Å². The number of hydrogen-bond donors (Lipinski definition) is 0. The van der Waals surface area contributed by atoms with Gasteiger partial charge in [-0.25, -0.2) is 4.79 Å². The molecule has 0 spiro atoms. The fourth-order valence-electron chi connectivity index (χ4n) is 3.46. The second-order valence-corrected chi connectivity index (χ2v) is 7.77. The molecule has 8 heteroatoms. The topological polar surface area (TPSA) is 89.3 Å². The minimum atomic E-state index is -1.35. The summed E-state index contributed by atoms with van der Waals surface area (Å²) in [5.74, 6) is 0.474. The number of hydrogen-bond acceptors (Lipinski definition) is 8. The van der Waals surface area contributed by atoms with E-state index in [2.05, 4.69) is 4.98 Å². The molecule has 0 bridgehead atoms. The highest BCUT2D eigenvalue weighted by molar-refractivity contribution is 5.77. The van der Waals surface area contributed by atoms with Gasteiger partial charge in [-0.15, -0.1) is 0 Å². The lowest BCUT2D eigenvalue weighted by Crippen LogP contribution is -2.47. The molecule has 0 N–H and O–H groups in total. The van der Waals surface area contributed by atoms with Gasteiger partial charge in [-0.1, -0.05) is 30.3 Å². The van der Waals surface area contributed by atoms with Gasteiger partial charge in [0.15, 0.2) is 5.76 Å². The van der Waals surface area contributed by atoms with Crippen LogP contribution in [0.2, 0.25) is 0 Å². The summed E-state index contributed by atoms with van der Waals surface area (Å²) in [5, 5.41) is 0. The van der Waals surface area contributed by atoms with E-state index in [1.807, 2.05) is 61.5 Å². The normalized spacial score (nSPS) is 20.3. The molecular formula is C25H27NO7. The molecule has 0 radical (unpaired) electrons. The lowest BCUT2D eigenvalue weighted by atomic mass is 9.99. The van der Waals surface area contributed by atoms with Crippen LogP contribution in [0.25, 0.3) is 11.5 Å². The first kappa shape index (κ1) is 22.8. The van der Waals surface area contributed by atoms with Crippen LogP contribution in [-0.4, -0.2) is 50.3 Å². The highest BCUT2D eigenvalue weighted by Gasteiger charge is 2.41. The molecule has 0 amide bonds. The zero-order valence-corrected chi connectivity index (χ0v) is 18.9. The minimum Gasteiger partial charge on any atom is -0.490 e. The Bertz CT molecular complexity index is 1050. The molecule has 4 rings (SSSR count). The number of esters is 1. The summed E-state index contributed by atoms with van der Waals surface area (Å²) < 4.78 is 33.2. The van der Waals surface area contributed by atoms with Gasteiger partial charge in [-0.05, 0) is 36.8 Å². The number of rotatable bonds is 8. The first-order chi connectivity index (χ1) is 16.0. The number of methoxy groups -OCH3 is 1. The van der Waals surface area contributed by atoms with Crippen LogP contribution < -0.4 is 9.47 Å². The minimum absolute atomic E-state index is 0.0223. The third-order valence-corrected chi connectivity index (χ3v) is 5.39. The molecule has 0 atom stereocenters. The van der Waals surface area contributed by atoms with E-state index in [-0.39, 0.29) is 5.92 Å². The standard InChI is InChI=1S/C25H27NO7/c1-17-22(26-23(33-17)19-7-5-4-6-8-19)30-14-13-29-21-11-9-18(10-12-21)20-15-31-25(2,32-16-20)24(27)28-3/h4-12,20H,13-16H2,1-3H3. The maximum absolute atomic E-state index is 11.8. The van der Waals surface area contributed by atoms with Crippen molar-refractivity contribution < 1.29 is 32.9 Å². The Balaban J connectivity index is 1.24. The summed E-state index contributed by atoms with van der Waals surface area (Å²) in [7, 11) is 1.31. The maximum atomic E-state index is 11.8. The maximum Gasteiger partial charge on any atom is 0.366 e. The largest absolute Gasteiger partial charge is 0.490 e. The van der Waals surface area contributed by atoms with E-state index in [4.69, 9.17) is 28.1 Å². The summed E-state index contributed by atoms with van der Waals surface area (Å²) in [6.45, 7) is 4.81. The van der Waals surface area contributed by atoms with E-state index in [0.29, 0.717) is 44.0 Å². The third kappa shape index (κ3) is 5.35. The highest BCUT2D eigenvalue weighted by atomic mass is 16.7. The average Bonchev–Trinajstić information content (AvgIpc) is 3.23. The fourth-order valence-corrected chi connectivity index (χ4v) is 3.46. The van der Waals surface area contributed by atoms with E-state index >= 15 is 0 Å². The molecule has 2 aromatic carbocycles. The molecule has 2 heterocycles. The Hall–Kier alpha value is -3.36. The second-order valence-electron chi connectivity index (χ2n) is 7.77. The van der Waals surface area contributed by atoms with Gasteiger partial charge in [0.2, 0.25) is 5.89 Å². The number of carbonyl (C=O) groups is 1. The molecule has 3 aromatic rings. The molecule has 1 aliphatic heterocycles. The predicted octanol–water partition coefficient (Wildman–Crippen LogP) is 4.13. The van der Waals surface area contributed by atoms with Gasteiger partial charge in [0.25, 0.3) is 11.7 Å². The molecule has 1 fully saturated rings. The summed E-state index contributed by atoms with van der Waals surface area (Å²) in [6.07, 6.45) is 0. The van der Waals surface area contributed by atoms with Crippen molar-refractivity contribution in [3.05, 3.63) is 65.9 Å². The molecule has 1 aliphatic rings. The third-order valence-electron chi connectivity index (χ3n) is 5.39. The SMILES string of the molecule is COC(=O)C1(C)OCC(c2ccc(OCCOc3nc(-c4ccccc4)oc3C)cc2)CO1. The molecule has 174 valence electrons. The summed E-state index contributed by atoms with van der Waals surface area (Å²) >= 11 is 0. The average molecular weight is 453 g/mol. The molecule has 1 saturated heterocycles. The van der Waals surface area contributed by atoms with Crippen molar-refractivity contribution in [3.63, 3.8) is 0 Å². The summed E-state index contributed by atoms with van der Waals surface area (Å²) in [4.78, 5) is 16.2. The molecule has 0 saturated carbocycles. The van der Waals surface area contributed by atoms with Gasteiger partial charge < -0.3 is 28.1 Å². The van der Waals surface area contributed by atoms with E-state index in [0.717, 1.165) is 16.9 Å². The van der Waals surface area contributed by atoms with E-state index in [1.54, 1.807) is 6.92 Å². The quantitative estimate of drug-likeness (QED) is 0.372. The molecule has 0 aliphatic carbocycles. The van der Waals surface area contributed by atoms with E-state index in [9.17, 15) is 4.79 Å². The van der Waals surface area contributed by atoms with Crippen molar-refractivity contribution in [1.29, 1.82) is 0 Å². The molecule has 33 heavy (non-hydrogen) atoms. The lowest BCUT2D eigenvalue weighted by molar-refractivity contribution is -0.264. The van der Waals surface area contributed by atoms with Crippen molar-refractivity contribution in [2.75, 3.05) is 33.5 Å². The van der Waals surface area contributed by atoms with E-state index in [1.165, 1.54) is 7.11 Å². The van der Waals surface area contributed by atoms with E-state index < -0.39 is 11.8 Å². The van der Waals surface area contributed by atoms with Gasteiger partial charge >= 0.3 is 5.97 Å². The highest BCUT2D eigenvalue weighted by Crippen LogP contribution is 2.30. The molecule has 0 unspecified atom stereocenters. The number of oxazole rings is 1. The van der Waals surface area contributed by atoms with Gasteiger partial charge in [0.1, 0.15) is 19.0 Å². The number of aromatic nitrogens is 1. The van der Waals surface area contributed by atoms with Crippen molar-refractivity contribution >= 4 is 5.97 Å². The summed E-state index contributed by atoms with van der Waals surface area (Å²) in [5.41, 5.74) is 1.94. The first-order valence-electron chi connectivity index (χ1n) is 10.7. The molecule has 8 nitrogen and oxygen atoms in total. The van der Waals surface area contributed by atoms with Crippen LogP contribution in [-0.2, 0) is 19.0 Å². The Labute approximate surface area is 192 Å². The van der Waals surface area contributed by atoms with Crippen molar-refractivity contribution in [2.24, 2.45) is 0 Å². The lowest BCUT2D eigenvalue weighted by Gasteiger charge is -2.35. The van der Waals surface area contributed by atoms with Crippen LogP contribution in [0, 0.1) is 6.92 Å². The predicted molar refractivity (Wildman–Crippen MR) is 119 cm³/mol. The Morgan fingerprint density at radius 1 is 1.03 bits per heavy atom. The van der Waals surface area contributed by atoms with Crippen LogP contribution in [0.4, 0.5) is 0 Å². The first-order valence-corrected chi connectivity index (χ1v) is 10.7. The Kier molecular flexibility index (Phi) is 6.96. The Morgan fingerprint density at radius 3 is 2.36 bits per heavy atom. The monoisotopic (exact) mass is 453 g/mol. The number of ether oxygens (including phenoxy) is 5. The molecular weight excluding hydrogens is 426 g/mol. The Morgan fingerprint density at radius 2 is 1.70 bits per heavy atom. The fraction of sp³-hybridized carbons (Fsp3) is 0.360. The van der Waals surface area contributed by atoms with Crippen molar-refractivity contribution in [2.45, 2.75) is 25.6 Å². The zero-order chi connectivity index (χ0) is 23.3. The number of carbonyl (C=O) groups excluding carboxylic acids is 1. The number of nitrogens with zero attached hydrogens (tertiary/aromatic N) is 1. The molecule has 1 aromatic heterocycles. The van der Waals surface area contributed by atoms with Crippen molar-refractivity contribution in [3.8, 4) is 23.1 Å². The van der Waals surface area contributed by atoms with Crippen LogP contribution in [0.15, 0.2) is 59.0 Å². The second kappa shape index (κ2) is 10.1. The smallest absolute Gasteiger partial charge is 0.366 e. The summed E-state index contributed by atoms with van der Waals surface area (Å²) in [6, 6.07) is 17.4. The van der Waals surface area contributed by atoms with Crippen LogP contribution in [0.5, 0.6) is 11.6 Å². The van der Waals surface area contributed by atoms with Crippen LogP contribution >= 0.6 is 0 Å². The zero-order valence-electron chi connectivity index (χ0n) is 18.9. The number of aryl methyl sites for hydroxylation is 1.